The fourth-order valence-corrected chi connectivity index (χ4v) is 2.27. The number of rotatable bonds is 1. The van der Waals surface area contributed by atoms with Crippen LogP contribution in [0.25, 0.3) is 0 Å². The van der Waals surface area contributed by atoms with Crippen molar-refractivity contribution in [2.75, 3.05) is 18.0 Å². The van der Waals surface area contributed by atoms with Crippen molar-refractivity contribution < 1.29 is 13.2 Å². The van der Waals surface area contributed by atoms with Gasteiger partial charge >= 0.3 is 6.18 Å². The first-order chi connectivity index (χ1) is 10.6. The molecule has 0 spiro atoms. The Kier molecular flexibility index (Phi) is 5.75. The van der Waals surface area contributed by atoms with Gasteiger partial charge in [-0.25, -0.2) is 0 Å². The minimum atomic E-state index is -4.24. The zero-order chi connectivity index (χ0) is 15.8. The molecule has 1 aromatic carbocycles. The Bertz CT molecular complexity index is 508. The van der Waals surface area contributed by atoms with E-state index in [1.807, 2.05) is 0 Å². The summed E-state index contributed by atoms with van der Waals surface area (Å²) < 4.78 is 37.0. The zero-order valence-corrected chi connectivity index (χ0v) is 12.1. The second-order valence-electron chi connectivity index (χ2n) is 4.99. The molecule has 1 aromatic heterocycles. The smallest absolute Gasteiger partial charge is 0.372 e. The molecular formula is C16H18F3N3. The first-order valence-corrected chi connectivity index (χ1v) is 7.19. The quantitative estimate of drug-likeness (QED) is 0.791. The largest absolute Gasteiger partial charge is 0.416 e. The first-order valence-electron chi connectivity index (χ1n) is 7.19. The van der Waals surface area contributed by atoms with E-state index in [-0.39, 0.29) is 0 Å². The number of nitrogens with zero attached hydrogens (tertiary/aromatic N) is 3. The van der Waals surface area contributed by atoms with Gasteiger partial charge in [-0.15, -0.1) is 0 Å². The Morgan fingerprint density at radius 1 is 0.773 bits per heavy atom. The maximum atomic E-state index is 12.3. The van der Waals surface area contributed by atoms with E-state index in [2.05, 4.69) is 14.9 Å². The maximum Gasteiger partial charge on any atom is 0.416 e. The van der Waals surface area contributed by atoms with Crippen molar-refractivity contribution in [1.82, 2.24) is 9.97 Å². The fourth-order valence-electron chi connectivity index (χ4n) is 2.27. The zero-order valence-electron chi connectivity index (χ0n) is 12.1. The predicted molar refractivity (Wildman–Crippen MR) is 79.5 cm³/mol. The number of hydrogen-bond donors (Lipinski definition) is 0. The summed E-state index contributed by atoms with van der Waals surface area (Å²) in [6.45, 7) is 1.90. The molecule has 1 aliphatic heterocycles. The molecule has 0 aliphatic carbocycles. The van der Waals surface area contributed by atoms with Crippen molar-refractivity contribution in [1.29, 1.82) is 0 Å². The normalized spacial score (nSPS) is 15.0. The maximum absolute atomic E-state index is 12.3. The molecule has 2 heterocycles. The molecule has 3 nitrogen and oxygen atoms in total. The highest BCUT2D eigenvalue weighted by molar-refractivity contribution is 5.48. The number of hydrogen-bond acceptors (Lipinski definition) is 3. The highest BCUT2D eigenvalue weighted by Gasteiger charge is 2.30. The summed E-state index contributed by atoms with van der Waals surface area (Å²) in [7, 11) is 0. The molecule has 1 saturated heterocycles. The van der Waals surface area contributed by atoms with Crippen molar-refractivity contribution in [3.05, 3.63) is 54.6 Å². The lowest BCUT2D eigenvalue weighted by Gasteiger charge is -2.28. The van der Waals surface area contributed by atoms with Gasteiger partial charge in [0.1, 0.15) is 0 Å². The van der Waals surface area contributed by atoms with Gasteiger partial charge in [0.15, 0.2) is 0 Å². The van der Waals surface area contributed by atoms with Crippen LogP contribution in [0.5, 0.6) is 0 Å². The van der Waals surface area contributed by atoms with E-state index in [1.54, 1.807) is 36.9 Å². The summed E-state index contributed by atoms with van der Waals surface area (Å²) in [5.74, 6) is 0. The van der Waals surface area contributed by atoms with E-state index >= 15 is 0 Å². The summed E-state index contributed by atoms with van der Waals surface area (Å²) in [6, 6.07) is 5.44. The van der Waals surface area contributed by atoms with Crippen molar-refractivity contribution in [3.63, 3.8) is 0 Å². The van der Waals surface area contributed by atoms with E-state index in [4.69, 9.17) is 0 Å². The van der Waals surface area contributed by atoms with Crippen LogP contribution < -0.4 is 4.90 Å². The molecular weight excluding hydrogens is 291 g/mol. The summed E-state index contributed by atoms with van der Waals surface area (Å²) in [6.07, 6.45) is 5.79. The average Bonchev–Trinajstić information content (AvgIpc) is 2.57. The first kappa shape index (κ1) is 16.3. The molecule has 6 heteroatoms. The van der Waals surface area contributed by atoms with Crippen LogP contribution in [-0.2, 0) is 6.18 Å². The van der Waals surface area contributed by atoms with Gasteiger partial charge in [-0.05, 0) is 43.5 Å². The number of benzene rings is 1. The molecule has 3 rings (SSSR count). The summed E-state index contributed by atoms with van der Waals surface area (Å²) >= 11 is 0. The SMILES string of the molecule is FC(F)(F)c1ccc(N2CCCCC2)cc1.c1cnccn1. The number of halogens is 3. The lowest BCUT2D eigenvalue weighted by atomic mass is 10.1. The van der Waals surface area contributed by atoms with Crippen LogP contribution in [0.1, 0.15) is 24.8 Å². The standard InChI is InChI=1S/C12H14F3N.C4H4N2/c13-12(14,15)10-4-6-11(7-5-10)16-8-2-1-3-9-16;1-2-6-4-3-5-1/h4-7H,1-3,8-9H2;1-4H. The third-order valence-corrected chi connectivity index (χ3v) is 3.39. The van der Waals surface area contributed by atoms with E-state index in [1.165, 1.54) is 6.42 Å². The Morgan fingerprint density at radius 3 is 1.68 bits per heavy atom. The lowest BCUT2D eigenvalue weighted by Crippen LogP contribution is -2.29. The van der Waals surface area contributed by atoms with Crippen LogP contribution >= 0.6 is 0 Å². The van der Waals surface area contributed by atoms with Crippen LogP contribution in [0, 0.1) is 0 Å². The van der Waals surface area contributed by atoms with Crippen LogP contribution in [0.15, 0.2) is 49.1 Å². The van der Waals surface area contributed by atoms with Crippen LogP contribution in [0.2, 0.25) is 0 Å². The van der Waals surface area contributed by atoms with E-state index in [0.717, 1.165) is 43.8 Å². The third kappa shape index (κ3) is 5.02. The lowest BCUT2D eigenvalue weighted by molar-refractivity contribution is -0.137. The molecule has 2 aromatic rings. The molecule has 1 fully saturated rings. The molecule has 0 saturated carbocycles. The van der Waals surface area contributed by atoms with Gasteiger partial charge < -0.3 is 4.90 Å². The minimum absolute atomic E-state index is 0.576. The topological polar surface area (TPSA) is 29.0 Å². The Morgan fingerprint density at radius 2 is 1.27 bits per heavy atom. The van der Waals surface area contributed by atoms with Crippen molar-refractivity contribution in [2.24, 2.45) is 0 Å². The van der Waals surface area contributed by atoms with Crippen LogP contribution in [0.3, 0.4) is 0 Å². The fraction of sp³-hybridized carbons (Fsp3) is 0.375. The molecule has 0 N–H and O–H groups in total. The monoisotopic (exact) mass is 309 g/mol. The number of anilines is 1. The summed E-state index contributed by atoms with van der Waals surface area (Å²) in [4.78, 5) is 9.59. The molecule has 22 heavy (non-hydrogen) atoms. The van der Waals surface area contributed by atoms with Crippen LogP contribution in [-0.4, -0.2) is 23.1 Å². The van der Waals surface area contributed by atoms with Gasteiger partial charge in [-0.2, -0.15) is 13.2 Å². The molecule has 0 radical (unpaired) electrons. The second kappa shape index (κ2) is 7.77. The van der Waals surface area contributed by atoms with E-state index in [0.29, 0.717) is 0 Å². The number of piperidine rings is 1. The molecule has 1 aliphatic rings. The summed E-state index contributed by atoms with van der Waals surface area (Å²) in [5, 5.41) is 0. The minimum Gasteiger partial charge on any atom is -0.372 e. The van der Waals surface area contributed by atoms with Gasteiger partial charge in [-0.3, -0.25) is 9.97 Å². The van der Waals surface area contributed by atoms with Crippen molar-refractivity contribution >= 4 is 5.69 Å². The Balaban J connectivity index is 0.000000246. The van der Waals surface area contributed by atoms with Crippen molar-refractivity contribution in [3.8, 4) is 0 Å². The van der Waals surface area contributed by atoms with Gasteiger partial charge in [0.2, 0.25) is 0 Å². The van der Waals surface area contributed by atoms with Gasteiger partial charge in [0, 0.05) is 43.6 Å². The number of alkyl halides is 3. The van der Waals surface area contributed by atoms with Gasteiger partial charge in [0.25, 0.3) is 0 Å². The molecule has 0 unspecified atom stereocenters. The highest BCUT2D eigenvalue weighted by atomic mass is 19.4. The predicted octanol–water partition coefficient (Wildman–Crippen LogP) is 4.17. The van der Waals surface area contributed by atoms with Crippen LogP contribution in [0.4, 0.5) is 18.9 Å². The Labute approximate surface area is 127 Å². The molecule has 0 amide bonds. The van der Waals surface area contributed by atoms with E-state index in [9.17, 15) is 13.2 Å². The van der Waals surface area contributed by atoms with E-state index < -0.39 is 11.7 Å². The highest BCUT2D eigenvalue weighted by Crippen LogP contribution is 2.31. The third-order valence-electron chi connectivity index (χ3n) is 3.39. The molecule has 0 bridgehead atoms. The molecule has 118 valence electrons. The second-order valence-corrected chi connectivity index (χ2v) is 4.99. The Hall–Kier alpha value is -2.11. The summed E-state index contributed by atoms with van der Waals surface area (Å²) in [5.41, 5.74) is 0.320. The number of aromatic nitrogens is 2. The molecule has 0 atom stereocenters. The van der Waals surface area contributed by atoms with Gasteiger partial charge in [0.05, 0.1) is 5.56 Å². The average molecular weight is 309 g/mol. The van der Waals surface area contributed by atoms with Gasteiger partial charge in [-0.1, -0.05) is 0 Å². The van der Waals surface area contributed by atoms with Crippen molar-refractivity contribution in [2.45, 2.75) is 25.4 Å².